The molecule has 3 N–H and O–H groups in total. The van der Waals surface area contributed by atoms with Crippen molar-refractivity contribution in [2.45, 2.75) is 83.0 Å². The summed E-state index contributed by atoms with van der Waals surface area (Å²) in [5, 5.41) is 3.26. The predicted molar refractivity (Wildman–Crippen MR) is 149 cm³/mol. The van der Waals surface area contributed by atoms with Crippen molar-refractivity contribution in [3.8, 4) is 0 Å². The number of likely N-dealkylation sites (tertiary alicyclic amines) is 1. The van der Waals surface area contributed by atoms with Gasteiger partial charge in [0.1, 0.15) is 6.04 Å². The van der Waals surface area contributed by atoms with Gasteiger partial charge in [0.15, 0.2) is 0 Å². The zero-order valence-electron chi connectivity index (χ0n) is 22.7. The second kappa shape index (κ2) is 12.4. The largest absolute Gasteiger partial charge is 0.354 e. The Morgan fingerprint density at radius 2 is 1.76 bits per heavy atom. The number of benzene rings is 1. The number of rotatable bonds is 9. The summed E-state index contributed by atoms with van der Waals surface area (Å²) in [5.74, 6) is 1.000. The van der Waals surface area contributed by atoms with Gasteiger partial charge < -0.3 is 16.0 Å². The van der Waals surface area contributed by atoms with E-state index in [1.165, 1.54) is 24.0 Å². The Bertz CT molecular complexity index is 1080. The number of pyridine rings is 1. The minimum Gasteiger partial charge on any atom is -0.354 e. The van der Waals surface area contributed by atoms with Crippen LogP contribution in [0.25, 0.3) is 0 Å². The van der Waals surface area contributed by atoms with Crippen LogP contribution in [0.3, 0.4) is 0 Å². The van der Waals surface area contributed by atoms with Crippen molar-refractivity contribution < 1.29 is 9.59 Å². The molecule has 5 rings (SSSR count). The maximum absolute atomic E-state index is 13.7. The molecule has 1 aliphatic heterocycles. The molecular formula is C31H43N5O2. The van der Waals surface area contributed by atoms with Gasteiger partial charge in [0, 0.05) is 44.1 Å². The number of hydrogen-bond acceptors (Lipinski definition) is 5. The number of nitrogens with zero attached hydrogens (tertiary/aromatic N) is 3. The topological polar surface area (TPSA) is 91.6 Å². The molecule has 3 fully saturated rings. The van der Waals surface area contributed by atoms with E-state index >= 15 is 0 Å². The lowest BCUT2D eigenvalue weighted by atomic mass is 9.82. The molecule has 38 heavy (non-hydrogen) atoms. The van der Waals surface area contributed by atoms with E-state index < -0.39 is 6.04 Å². The van der Waals surface area contributed by atoms with Crippen molar-refractivity contribution in [1.29, 1.82) is 0 Å². The van der Waals surface area contributed by atoms with Crippen LogP contribution in [0.2, 0.25) is 0 Å². The van der Waals surface area contributed by atoms with Gasteiger partial charge in [-0.2, -0.15) is 0 Å². The van der Waals surface area contributed by atoms with Crippen molar-refractivity contribution in [3.63, 3.8) is 0 Å². The van der Waals surface area contributed by atoms with E-state index in [9.17, 15) is 9.59 Å². The molecule has 1 aromatic heterocycles. The number of amides is 2. The number of nitrogens with two attached hydrogens (primary N) is 1. The summed E-state index contributed by atoms with van der Waals surface area (Å²) in [5.41, 5.74) is 9.06. The van der Waals surface area contributed by atoms with Crippen LogP contribution in [0, 0.1) is 18.8 Å². The van der Waals surface area contributed by atoms with Gasteiger partial charge in [0.05, 0.1) is 5.56 Å². The van der Waals surface area contributed by atoms with Crippen LogP contribution < -0.4 is 11.1 Å². The Hall–Kier alpha value is -2.77. The molecular weight excluding hydrogens is 474 g/mol. The summed E-state index contributed by atoms with van der Waals surface area (Å²) in [6.45, 7) is 5.09. The molecule has 2 atom stereocenters. The lowest BCUT2D eigenvalue weighted by molar-refractivity contribution is -0.128. The normalized spacial score (nSPS) is 25.8. The van der Waals surface area contributed by atoms with Crippen LogP contribution in [0.5, 0.6) is 0 Å². The fourth-order valence-corrected chi connectivity index (χ4v) is 6.38. The van der Waals surface area contributed by atoms with Crippen LogP contribution in [-0.4, -0.2) is 64.4 Å². The number of hydrogen-bond donors (Lipinski definition) is 2. The van der Waals surface area contributed by atoms with Crippen LogP contribution in [-0.2, 0) is 11.3 Å². The third-order valence-electron chi connectivity index (χ3n) is 9.01. The van der Waals surface area contributed by atoms with Crippen LogP contribution in [0.1, 0.15) is 72.9 Å². The Morgan fingerprint density at radius 3 is 2.45 bits per heavy atom. The summed E-state index contributed by atoms with van der Waals surface area (Å²) in [6, 6.07) is 12.5. The van der Waals surface area contributed by atoms with Gasteiger partial charge in [-0.05, 0) is 99.9 Å². The second-order valence-electron chi connectivity index (χ2n) is 11.6. The molecule has 2 heterocycles. The van der Waals surface area contributed by atoms with Gasteiger partial charge in [-0.1, -0.05) is 24.3 Å². The predicted octanol–water partition coefficient (Wildman–Crippen LogP) is 3.91. The molecule has 2 aliphatic carbocycles. The highest BCUT2D eigenvalue weighted by atomic mass is 16.2. The van der Waals surface area contributed by atoms with E-state index in [-0.39, 0.29) is 17.9 Å². The Morgan fingerprint density at radius 1 is 1.00 bits per heavy atom. The number of nitrogens with one attached hydrogen (secondary N) is 1. The van der Waals surface area contributed by atoms with Gasteiger partial charge in [-0.15, -0.1) is 0 Å². The average molecular weight is 518 g/mol. The molecule has 1 saturated heterocycles. The SMILES string of the molecule is Cc1ccccc1CN(C1CC1)C1CCN(C(=O)c2cccnc2)[C@@H](C(=O)NCC2CCC(CN)CC2)C1. The molecule has 7 nitrogen and oxygen atoms in total. The van der Waals surface area contributed by atoms with Gasteiger partial charge in [0.2, 0.25) is 5.91 Å². The van der Waals surface area contributed by atoms with Crippen LogP contribution >= 0.6 is 0 Å². The smallest absolute Gasteiger partial charge is 0.256 e. The fraction of sp³-hybridized carbons (Fsp3) is 0.581. The molecule has 2 aromatic rings. The lowest BCUT2D eigenvalue weighted by Crippen LogP contribution is -2.58. The van der Waals surface area contributed by atoms with E-state index in [1.54, 1.807) is 29.4 Å². The van der Waals surface area contributed by atoms with E-state index in [0.29, 0.717) is 43.0 Å². The number of carbonyl (C=O) groups is 2. The maximum Gasteiger partial charge on any atom is 0.256 e. The summed E-state index contributed by atoms with van der Waals surface area (Å²) in [6.07, 6.45) is 11.7. The minimum atomic E-state index is -0.472. The first-order valence-corrected chi connectivity index (χ1v) is 14.5. The molecule has 2 saturated carbocycles. The maximum atomic E-state index is 13.7. The fourth-order valence-electron chi connectivity index (χ4n) is 6.38. The van der Waals surface area contributed by atoms with Crippen molar-refractivity contribution in [2.24, 2.45) is 17.6 Å². The lowest BCUT2D eigenvalue weighted by Gasteiger charge is -2.43. The molecule has 0 radical (unpaired) electrons. The molecule has 7 heteroatoms. The van der Waals surface area contributed by atoms with Crippen molar-refractivity contribution in [1.82, 2.24) is 20.1 Å². The van der Waals surface area contributed by atoms with Gasteiger partial charge in [-0.3, -0.25) is 19.5 Å². The third-order valence-corrected chi connectivity index (χ3v) is 9.01. The summed E-state index contributed by atoms with van der Waals surface area (Å²) in [7, 11) is 0. The first-order valence-electron chi connectivity index (χ1n) is 14.5. The summed E-state index contributed by atoms with van der Waals surface area (Å²) in [4.78, 5) is 35.8. The van der Waals surface area contributed by atoms with Gasteiger partial charge in [0.25, 0.3) is 5.91 Å². The first-order chi connectivity index (χ1) is 18.5. The monoisotopic (exact) mass is 517 g/mol. The average Bonchev–Trinajstić information content (AvgIpc) is 3.81. The summed E-state index contributed by atoms with van der Waals surface area (Å²) >= 11 is 0. The van der Waals surface area contributed by atoms with Crippen molar-refractivity contribution in [2.75, 3.05) is 19.6 Å². The van der Waals surface area contributed by atoms with E-state index in [1.807, 2.05) is 0 Å². The zero-order valence-corrected chi connectivity index (χ0v) is 22.7. The standard InChI is InChI=1S/C31H43N5O2/c1-22-5-2-3-6-26(22)21-36(27-12-13-27)28-14-16-35(31(38)25-7-4-15-33-20-25)29(17-28)30(37)34-19-24-10-8-23(18-32)9-11-24/h2-7,15,20,23-24,27-29H,8-14,16-19,21,32H2,1H3,(H,34,37)/t23?,24?,28?,29-/m1/s1. The summed E-state index contributed by atoms with van der Waals surface area (Å²) < 4.78 is 0. The molecule has 204 valence electrons. The van der Waals surface area contributed by atoms with E-state index in [0.717, 1.165) is 45.2 Å². The highest BCUT2D eigenvalue weighted by Gasteiger charge is 2.42. The third kappa shape index (κ3) is 6.44. The number of carbonyl (C=O) groups excluding carboxylic acids is 2. The highest BCUT2D eigenvalue weighted by Crippen LogP contribution is 2.35. The Labute approximate surface area is 227 Å². The van der Waals surface area contributed by atoms with E-state index in [2.05, 4.69) is 46.4 Å². The zero-order chi connectivity index (χ0) is 26.5. The van der Waals surface area contributed by atoms with Crippen LogP contribution in [0.4, 0.5) is 0 Å². The molecule has 1 unspecified atom stereocenters. The number of aromatic nitrogens is 1. The second-order valence-corrected chi connectivity index (χ2v) is 11.6. The molecule has 1 aromatic carbocycles. The Balaban J connectivity index is 1.30. The first kappa shape index (κ1) is 26.8. The van der Waals surface area contributed by atoms with E-state index in [4.69, 9.17) is 5.73 Å². The number of aryl methyl sites for hydroxylation is 1. The van der Waals surface area contributed by atoms with Gasteiger partial charge in [-0.25, -0.2) is 0 Å². The Kier molecular flexibility index (Phi) is 8.75. The van der Waals surface area contributed by atoms with Crippen molar-refractivity contribution >= 4 is 11.8 Å². The van der Waals surface area contributed by atoms with Crippen LogP contribution in [0.15, 0.2) is 48.8 Å². The van der Waals surface area contributed by atoms with Gasteiger partial charge >= 0.3 is 0 Å². The molecule has 0 bridgehead atoms. The number of piperidine rings is 1. The highest BCUT2D eigenvalue weighted by molar-refractivity contribution is 5.97. The minimum absolute atomic E-state index is 0.0143. The molecule has 2 amide bonds. The quantitative estimate of drug-likeness (QED) is 0.526. The molecule has 0 spiro atoms. The van der Waals surface area contributed by atoms with Crippen molar-refractivity contribution in [3.05, 3.63) is 65.5 Å². The molecule has 3 aliphatic rings.